The molecule has 0 radical (unpaired) electrons. The molecule has 158 valence electrons. The molecule has 4 heterocycles. The summed E-state index contributed by atoms with van der Waals surface area (Å²) < 4.78 is 2.28. The largest absolute Gasteiger partial charge is 0.355 e. The van der Waals surface area contributed by atoms with Gasteiger partial charge < -0.3 is 9.80 Å². The first kappa shape index (κ1) is 19.5. The molecular weight excluding hydrogens is 372 g/mol. The van der Waals surface area contributed by atoms with E-state index in [2.05, 4.69) is 76.6 Å². The number of hydrogen-bond donors (Lipinski definition) is 0. The number of hydrogen-bond acceptors (Lipinski definition) is 5. The van der Waals surface area contributed by atoms with Crippen LogP contribution in [-0.2, 0) is 6.42 Å². The number of aryl methyl sites for hydroxylation is 1. The maximum Gasteiger partial charge on any atom is 0.138 e. The van der Waals surface area contributed by atoms with Crippen molar-refractivity contribution < 1.29 is 0 Å². The Bertz CT molecular complexity index is 1020. The van der Waals surface area contributed by atoms with Gasteiger partial charge in [0.2, 0.25) is 0 Å². The van der Waals surface area contributed by atoms with Crippen LogP contribution in [0.25, 0.3) is 5.65 Å². The van der Waals surface area contributed by atoms with Gasteiger partial charge in [-0.3, -0.25) is 14.3 Å². The SMILES string of the molecule is CC(c1cn2c(N3CCN(C)CC3)cccc2n1)N(C)[C@H]1CCCc2cccnc21. The Labute approximate surface area is 179 Å². The minimum Gasteiger partial charge on any atom is -0.355 e. The lowest BCUT2D eigenvalue weighted by Crippen LogP contribution is -2.45. The molecule has 0 amide bonds. The average molecular weight is 405 g/mol. The highest BCUT2D eigenvalue weighted by Crippen LogP contribution is 2.36. The summed E-state index contributed by atoms with van der Waals surface area (Å²) >= 11 is 0. The Kier molecular flexibility index (Phi) is 5.21. The van der Waals surface area contributed by atoms with Gasteiger partial charge in [0.1, 0.15) is 11.5 Å². The molecule has 1 saturated heterocycles. The summed E-state index contributed by atoms with van der Waals surface area (Å²) in [7, 11) is 4.42. The number of aromatic nitrogens is 3. The first-order valence-electron chi connectivity index (χ1n) is 11.2. The first-order chi connectivity index (χ1) is 14.6. The molecule has 2 atom stereocenters. The number of likely N-dealkylation sites (N-methyl/N-ethyl adjacent to an activating group) is 1. The van der Waals surface area contributed by atoms with Crippen LogP contribution < -0.4 is 4.90 Å². The van der Waals surface area contributed by atoms with Gasteiger partial charge in [0.25, 0.3) is 0 Å². The van der Waals surface area contributed by atoms with Gasteiger partial charge in [-0.15, -0.1) is 0 Å². The van der Waals surface area contributed by atoms with E-state index in [0.717, 1.165) is 50.4 Å². The number of rotatable bonds is 4. The van der Waals surface area contributed by atoms with Gasteiger partial charge in [0.15, 0.2) is 0 Å². The van der Waals surface area contributed by atoms with E-state index in [9.17, 15) is 0 Å². The molecule has 0 saturated carbocycles. The highest BCUT2D eigenvalue weighted by molar-refractivity contribution is 5.53. The first-order valence-corrected chi connectivity index (χ1v) is 11.2. The van der Waals surface area contributed by atoms with E-state index in [4.69, 9.17) is 9.97 Å². The Balaban J connectivity index is 1.43. The van der Waals surface area contributed by atoms with E-state index >= 15 is 0 Å². The van der Waals surface area contributed by atoms with Crippen LogP contribution in [0.15, 0.2) is 42.7 Å². The van der Waals surface area contributed by atoms with Crippen LogP contribution in [0.3, 0.4) is 0 Å². The molecule has 2 aliphatic rings. The number of nitrogens with zero attached hydrogens (tertiary/aromatic N) is 6. The topological polar surface area (TPSA) is 39.9 Å². The van der Waals surface area contributed by atoms with E-state index < -0.39 is 0 Å². The maximum atomic E-state index is 5.02. The molecule has 6 heteroatoms. The van der Waals surface area contributed by atoms with Crippen molar-refractivity contribution in [1.82, 2.24) is 24.2 Å². The summed E-state index contributed by atoms with van der Waals surface area (Å²) in [5.74, 6) is 1.25. The van der Waals surface area contributed by atoms with Crippen molar-refractivity contribution in [2.45, 2.75) is 38.3 Å². The Morgan fingerprint density at radius 3 is 2.77 bits per heavy atom. The maximum absolute atomic E-state index is 5.02. The zero-order valence-corrected chi connectivity index (χ0v) is 18.3. The smallest absolute Gasteiger partial charge is 0.138 e. The molecule has 1 aliphatic heterocycles. The number of pyridine rings is 2. The van der Waals surface area contributed by atoms with E-state index in [1.807, 2.05) is 6.20 Å². The molecular formula is C24H32N6. The van der Waals surface area contributed by atoms with Crippen LogP contribution in [0.4, 0.5) is 5.82 Å². The average Bonchev–Trinajstić information content (AvgIpc) is 3.23. The second kappa shape index (κ2) is 8.00. The summed E-state index contributed by atoms with van der Waals surface area (Å²) in [4.78, 5) is 17.1. The third-order valence-corrected chi connectivity index (χ3v) is 7.01. The quantitative estimate of drug-likeness (QED) is 0.665. The fourth-order valence-electron chi connectivity index (χ4n) is 4.97. The molecule has 0 spiro atoms. The van der Waals surface area contributed by atoms with E-state index in [1.165, 1.54) is 23.5 Å². The molecule has 1 unspecified atom stereocenters. The number of fused-ring (bicyclic) bond motifs is 2. The third kappa shape index (κ3) is 3.48. The highest BCUT2D eigenvalue weighted by Gasteiger charge is 2.29. The lowest BCUT2D eigenvalue weighted by Gasteiger charge is -2.35. The van der Waals surface area contributed by atoms with E-state index in [1.54, 1.807) is 0 Å². The van der Waals surface area contributed by atoms with E-state index in [0.29, 0.717) is 6.04 Å². The molecule has 30 heavy (non-hydrogen) atoms. The van der Waals surface area contributed by atoms with Crippen molar-refractivity contribution in [2.75, 3.05) is 45.2 Å². The minimum absolute atomic E-state index is 0.225. The molecule has 1 aliphatic carbocycles. The zero-order chi connectivity index (χ0) is 20.7. The summed E-state index contributed by atoms with van der Waals surface area (Å²) in [6.07, 6.45) is 7.70. The van der Waals surface area contributed by atoms with Gasteiger partial charge in [0.05, 0.1) is 23.5 Å². The molecule has 0 bridgehead atoms. The second-order valence-electron chi connectivity index (χ2n) is 8.87. The molecule has 0 N–H and O–H groups in total. The predicted molar refractivity (Wildman–Crippen MR) is 121 cm³/mol. The van der Waals surface area contributed by atoms with Gasteiger partial charge >= 0.3 is 0 Å². The highest BCUT2D eigenvalue weighted by atomic mass is 15.3. The third-order valence-electron chi connectivity index (χ3n) is 7.01. The fourth-order valence-corrected chi connectivity index (χ4v) is 4.97. The van der Waals surface area contributed by atoms with Crippen LogP contribution in [0, 0.1) is 0 Å². The van der Waals surface area contributed by atoms with E-state index in [-0.39, 0.29) is 6.04 Å². The predicted octanol–water partition coefficient (Wildman–Crippen LogP) is 3.55. The normalized spacial score (nSPS) is 21.2. The van der Waals surface area contributed by atoms with Crippen LogP contribution in [0.2, 0.25) is 0 Å². The van der Waals surface area contributed by atoms with Gasteiger partial charge in [-0.25, -0.2) is 4.98 Å². The van der Waals surface area contributed by atoms with Gasteiger partial charge in [0, 0.05) is 38.6 Å². The molecule has 5 rings (SSSR count). The van der Waals surface area contributed by atoms with Crippen molar-refractivity contribution >= 4 is 11.5 Å². The van der Waals surface area contributed by atoms with Crippen LogP contribution in [-0.4, -0.2) is 64.4 Å². The Morgan fingerprint density at radius 2 is 1.93 bits per heavy atom. The monoisotopic (exact) mass is 404 g/mol. The van der Waals surface area contributed by atoms with Crippen molar-refractivity contribution in [3.63, 3.8) is 0 Å². The summed E-state index contributed by atoms with van der Waals surface area (Å²) in [6, 6.07) is 11.4. The van der Waals surface area contributed by atoms with Crippen molar-refractivity contribution in [2.24, 2.45) is 0 Å². The molecule has 1 fully saturated rings. The van der Waals surface area contributed by atoms with Gasteiger partial charge in [-0.1, -0.05) is 12.1 Å². The summed E-state index contributed by atoms with van der Waals surface area (Å²) in [6.45, 7) is 6.59. The van der Waals surface area contributed by atoms with Crippen LogP contribution in [0.1, 0.15) is 48.8 Å². The van der Waals surface area contributed by atoms with Crippen LogP contribution in [0.5, 0.6) is 0 Å². The Hall–Kier alpha value is -2.44. The number of anilines is 1. The zero-order valence-electron chi connectivity index (χ0n) is 18.3. The second-order valence-corrected chi connectivity index (χ2v) is 8.87. The lowest BCUT2D eigenvalue weighted by molar-refractivity contribution is 0.162. The van der Waals surface area contributed by atoms with Crippen molar-refractivity contribution in [1.29, 1.82) is 0 Å². The fraction of sp³-hybridized carbons (Fsp3) is 0.500. The number of piperazine rings is 1. The summed E-state index contributed by atoms with van der Waals surface area (Å²) in [5, 5.41) is 0. The standard InChI is InChI=1S/C24H32N6/c1-18(28(3)21-9-4-7-19-8-6-12-25-24(19)21)20-17-30-22(26-20)10-5-11-23(30)29-15-13-27(2)14-16-29/h5-6,8,10-12,17-18,21H,4,7,9,13-16H2,1-3H3/t18?,21-/m0/s1. The molecule has 6 nitrogen and oxygen atoms in total. The summed E-state index contributed by atoms with van der Waals surface area (Å²) in [5.41, 5.74) is 4.81. The van der Waals surface area contributed by atoms with Crippen molar-refractivity contribution in [3.05, 3.63) is 59.7 Å². The van der Waals surface area contributed by atoms with Crippen molar-refractivity contribution in [3.8, 4) is 0 Å². The van der Waals surface area contributed by atoms with Gasteiger partial charge in [-0.05, 0) is 64.0 Å². The Morgan fingerprint density at radius 1 is 1.10 bits per heavy atom. The molecule has 3 aromatic rings. The van der Waals surface area contributed by atoms with Gasteiger partial charge in [-0.2, -0.15) is 0 Å². The minimum atomic E-state index is 0.225. The van der Waals surface area contributed by atoms with Crippen LogP contribution >= 0.6 is 0 Å². The molecule has 3 aromatic heterocycles. The molecule has 0 aromatic carbocycles. The lowest BCUT2D eigenvalue weighted by atomic mass is 9.90. The number of imidazole rings is 1.